The molecule has 0 radical (unpaired) electrons. The SMILES string of the molecule is CCC(=O)OC[C@H]1O[C@@H](n2cnc(C(N)=O)c2N)[C@H](OC(=O)CC)[C@@H]1OC(=O)CC. The molecule has 12 nitrogen and oxygen atoms in total. The van der Waals surface area contributed by atoms with Crippen molar-refractivity contribution in [3.8, 4) is 0 Å². The molecule has 4 N–H and O–H groups in total. The van der Waals surface area contributed by atoms with E-state index in [4.69, 9.17) is 30.4 Å². The molecule has 0 unspecified atom stereocenters. The second-order valence-electron chi connectivity index (χ2n) is 6.47. The van der Waals surface area contributed by atoms with Crippen molar-refractivity contribution in [2.75, 3.05) is 12.3 Å². The van der Waals surface area contributed by atoms with Gasteiger partial charge in [-0.2, -0.15) is 0 Å². The van der Waals surface area contributed by atoms with Crippen molar-refractivity contribution in [3.05, 3.63) is 12.0 Å². The lowest BCUT2D eigenvalue weighted by atomic mass is 10.1. The molecule has 4 atom stereocenters. The molecule has 0 saturated carbocycles. The van der Waals surface area contributed by atoms with Crippen LogP contribution in [0.5, 0.6) is 0 Å². The Morgan fingerprint density at radius 2 is 1.60 bits per heavy atom. The highest BCUT2D eigenvalue weighted by atomic mass is 16.7. The molecule has 1 aromatic rings. The lowest BCUT2D eigenvalue weighted by molar-refractivity contribution is -0.169. The molecule has 2 rings (SSSR count). The number of hydrogen-bond acceptors (Lipinski definition) is 10. The number of carbonyl (C=O) groups is 4. The minimum atomic E-state index is -1.13. The molecule has 0 spiro atoms. The minimum absolute atomic E-state index is 0.0547. The number of nitrogens with two attached hydrogens (primary N) is 2. The number of nitrogen functional groups attached to an aromatic ring is 1. The number of aromatic nitrogens is 2. The first kappa shape index (κ1) is 23.1. The number of hydrogen-bond donors (Lipinski definition) is 2. The van der Waals surface area contributed by atoms with Crippen LogP contribution in [0.3, 0.4) is 0 Å². The smallest absolute Gasteiger partial charge is 0.306 e. The van der Waals surface area contributed by atoms with Crippen molar-refractivity contribution in [3.63, 3.8) is 0 Å². The van der Waals surface area contributed by atoms with Crippen molar-refractivity contribution < 1.29 is 38.1 Å². The van der Waals surface area contributed by atoms with E-state index >= 15 is 0 Å². The lowest BCUT2D eigenvalue weighted by Gasteiger charge is -2.24. The summed E-state index contributed by atoms with van der Waals surface area (Å²) in [6.07, 6.45) is -2.80. The number of esters is 3. The first-order chi connectivity index (χ1) is 14.2. The van der Waals surface area contributed by atoms with Gasteiger partial charge in [-0.3, -0.25) is 23.7 Å². The van der Waals surface area contributed by atoms with Crippen LogP contribution in [0.4, 0.5) is 5.82 Å². The van der Waals surface area contributed by atoms with E-state index in [9.17, 15) is 19.2 Å². The number of ether oxygens (including phenoxy) is 4. The lowest BCUT2D eigenvalue weighted by Crippen LogP contribution is -2.41. The third-order valence-electron chi connectivity index (χ3n) is 4.43. The van der Waals surface area contributed by atoms with Gasteiger partial charge in [-0.05, 0) is 0 Å². The molecular formula is C18H26N4O8. The number of nitrogens with zero attached hydrogens (tertiary/aromatic N) is 2. The summed E-state index contributed by atoms with van der Waals surface area (Å²) in [6, 6.07) is 0. The summed E-state index contributed by atoms with van der Waals surface area (Å²) >= 11 is 0. The van der Waals surface area contributed by atoms with Crippen molar-refractivity contribution >= 4 is 29.6 Å². The minimum Gasteiger partial charge on any atom is -0.463 e. The zero-order chi connectivity index (χ0) is 22.4. The number of amides is 1. The Kier molecular flexibility index (Phi) is 7.75. The summed E-state index contributed by atoms with van der Waals surface area (Å²) in [7, 11) is 0. The number of carbonyl (C=O) groups excluding carboxylic acids is 4. The standard InChI is InChI=1S/C18H26N4O8/c1-4-10(23)27-7-9-14(29-11(24)5-2)15(30-12(25)6-3)18(28-9)22-8-21-13(16(22)19)17(20)26/h8-9,14-15,18H,4-7,19H2,1-3H3,(H2,20,26)/t9-,14-,15-,18-/m1/s1. The van der Waals surface area contributed by atoms with Crippen LogP contribution >= 0.6 is 0 Å². The average Bonchev–Trinajstić information content (AvgIpc) is 3.26. The molecule has 1 amide bonds. The van der Waals surface area contributed by atoms with Crippen LogP contribution in [0.25, 0.3) is 0 Å². The zero-order valence-electron chi connectivity index (χ0n) is 17.0. The van der Waals surface area contributed by atoms with Crippen molar-refractivity contribution in [2.45, 2.75) is 64.6 Å². The first-order valence-electron chi connectivity index (χ1n) is 9.55. The maximum absolute atomic E-state index is 12.0. The average molecular weight is 426 g/mol. The summed E-state index contributed by atoms with van der Waals surface area (Å²) in [6.45, 7) is 4.57. The monoisotopic (exact) mass is 426 g/mol. The number of anilines is 1. The maximum atomic E-state index is 12.0. The van der Waals surface area contributed by atoms with Crippen LogP contribution in [0.2, 0.25) is 0 Å². The van der Waals surface area contributed by atoms with Crippen LogP contribution < -0.4 is 11.5 Å². The van der Waals surface area contributed by atoms with Gasteiger partial charge in [0.2, 0.25) is 0 Å². The van der Waals surface area contributed by atoms with E-state index < -0.39 is 48.4 Å². The quantitative estimate of drug-likeness (QED) is 0.405. The summed E-state index contributed by atoms with van der Waals surface area (Å²) < 4.78 is 23.2. The molecule has 1 saturated heterocycles. The van der Waals surface area contributed by atoms with Gasteiger partial charge in [0.1, 0.15) is 18.5 Å². The molecule has 1 fully saturated rings. The van der Waals surface area contributed by atoms with Crippen molar-refractivity contribution in [1.82, 2.24) is 9.55 Å². The van der Waals surface area contributed by atoms with Gasteiger partial charge in [-0.15, -0.1) is 0 Å². The zero-order valence-corrected chi connectivity index (χ0v) is 17.0. The molecule has 0 bridgehead atoms. The largest absolute Gasteiger partial charge is 0.463 e. The van der Waals surface area contributed by atoms with Gasteiger partial charge < -0.3 is 30.4 Å². The van der Waals surface area contributed by atoms with Crippen LogP contribution in [0.15, 0.2) is 6.33 Å². The second-order valence-corrected chi connectivity index (χ2v) is 6.47. The predicted octanol–water partition coefficient (Wildman–Crippen LogP) is 0.0584. The van der Waals surface area contributed by atoms with E-state index in [1.807, 2.05) is 0 Å². The third kappa shape index (κ3) is 5.06. The predicted molar refractivity (Wildman–Crippen MR) is 101 cm³/mol. The molecular weight excluding hydrogens is 400 g/mol. The van der Waals surface area contributed by atoms with Crippen molar-refractivity contribution in [2.24, 2.45) is 5.73 Å². The molecule has 1 aliphatic heterocycles. The van der Waals surface area contributed by atoms with E-state index in [0.29, 0.717) is 0 Å². The normalized spacial score (nSPS) is 23.0. The summed E-state index contributed by atoms with van der Waals surface area (Å²) in [5, 5.41) is 0. The third-order valence-corrected chi connectivity index (χ3v) is 4.43. The maximum Gasteiger partial charge on any atom is 0.306 e. The highest BCUT2D eigenvalue weighted by molar-refractivity contribution is 5.95. The molecule has 0 aromatic carbocycles. The Balaban J connectivity index is 2.41. The van der Waals surface area contributed by atoms with Crippen LogP contribution in [0.1, 0.15) is 56.8 Å². The fourth-order valence-electron chi connectivity index (χ4n) is 2.84. The molecule has 30 heavy (non-hydrogen) atoms. The van der Waals surface area contributed by atoms with E-state index in [-0.39, 0.29) is 37.4 Å². The molecule has 1 aromatic heterocycles. The van der Waals surface area contributed by atoms with E-state index in [1.54, 1.807) is 20.8 Å². The van der Waals surface area contributed by atoms with Crippen LogP contribution in [-0.4, -0.2) is 58.3 Å². The van der Waals surface area contributed by atoms with Gasteiger partial charge in [0.05, 0.1) is 6.33 Å². The second kappa shape index (κ2) is 10.1. The highest BCUT2D eigenvalue weighted by Gasteiger charge is 2.51. The van der Waals surface area contributed by atoms with Crippen LogP contribution in [0, 0.1) is 0 Å². The summed E-state index contributed by atoms with van der Waals surface area (Å²) in [5.74, 6) is -2.59. The van der Waals surface area contributed by atoms with Gasteiger partial charge in [0, 0.05) is 19.3 Å². The first-order valence-corrected chi connectivity index (χ1v) is 9.55. The Hall–Kier alpha value is -3.15. The van der Waals surface area contributed by atoms with Gasteiger partial charge in [-0.1, -0.05) is 20.8 Å². The molecule has 12 heteroatoms. The Labute approximate surface area is 172 Å². The topological polar surface area (TPSA) is 175 Å². The van der Waals surface area contributed by atoms with Gasteiger partial charge >= 0.3 is 17.9 Å². The van der Waals surface area contributed by atoms with E-state index in [1.165, 1.54) is 10.9 Å². The summed E-state index contributed by atoms with van der Waals surface area (Å²) in [4.78, 5) is 50.9. The number of primary amides is 1. The molecule has 2 heterocycles. The Bertz CT molecular complexity index is 808. The highest BCUT2D eigenvalue weighted by Crippen LogP contribution is 2.36. The Morgan fingerprint density at radius 1 is 1.03 bits per heavy atom. The Morgan fingerprint density at radius 3 is 2.10 bits per heavy atom. The summed E-state index contributed by atoms with van der Waals surface area (Å²) in [5.41, 5.74) is 11.0. The molecule has 1 aliphatic rings. The van der Waals surface area contributed by atoms with Crippen LogP contribution in [-0.2, 0) is 33.3 Å². The number of rotatable bonds is 9. The van der Waals surface area contributed by atoms with Gasteiger partial charge in [0.25, 0.3) is 5.91 Å². The number of imidazole rings is 1. The fourth-order valence-corrected chi connectivity index (χ4v) is 2.84. The molecule has 166 valence electrons. The van der Waals surface area contributed by atoms with Gasteiger partial charge in [0.15, 0.2) is 24.1 Å². The van der Waals surface area contributed by atoms with E-state index in [0.717, 1.165) is 0 Å². The van der Waals surface area contributed by atoms with Gasteiger partial charge in [-0.25, -0.2) is 4.98 Å². The van der Waals surface area contributed by atoms with E-state index in [2.05, 4.69) is 4.98 Å². The fraction of sp³-hybridized carbons (Fsp3) is 0.611. The van der Waals surface area contributed by atoms with Crippen molar-refractivity contribution in [1.29, 1.82) is 0 Å². The molecule has 0 aliphatic carbocycles.